The second-order valence-electron chi connectivity index (χ2n) is 6.93. The molecule has 25 heavy (non-hydrogen) atoms. The number of halogens is 1. The number of aryl methyl sites for hydroxylation is 2. The van der Waals surface area contributed by atoms with Gasteiger partial charge in [-0.2, -0.15) is 5.10 Å². The zero-order valence-corrected chi connectivity index (χ0v) is 19.2. The minimum absolute atomic E-state index is 0. The average Bonchev–Trinajstić information content (AvgIpc) is 3.07. The molecule has 0 aliphatic rings. The summed E-state index contributed by atoms with van der Waals surface area (Å²) in [6.07, 6.45) is 0. The van der Waals surface area contributed by atoms with Gasteiger partial charge in [-0.1, -0.05) is 20.8 Å². The van der Waals surface area contributed by atoms with E-state index in [1.165, 1.54) is 11.3 Å². The van der Waals surface area contributed by atoms with Gasteiger partial charge in [-0.25, -0.2) is 4.98 Å². The molecule has 0 fully saturated rings. The Morgan fingerprint density at radius 1 is 1.24 bits per heavy atom. The van der Waals surface area contributed by atoms with Gasteiger partial charge in [0.25, 0.3) is 0 Å². The maximum absolute atomic E-state index is 4.70. The Bertz CT molecular complexity index is 726. The van der Waals surface area contributed by atoms with Gasteiger partial charge < -0.3 is 10.6 Å². The third kappa shape index (κ3) is 5.67. The summed E-state index contributed by atoms with van der Waals surface area (Å²) in [6.45, 7) is 12.0. The van der Waals surface area contributed by atoms with Gasteiger partial charge in [0.15, 0.2) is 5.96 Å². The van der Waals surface area contributed by atoms with Crippen molar-refractivity contribution in [2.24, 2.45) is 12.0 Å². The fourth-order valence-electron chi connectivity index (χ4n) is 2.36. The average molecular weight is 476 g/mol. The molecule has 2 aromatic heterocycles. The topological polar surface area (TPSA) is 67.1 Å². The van der Waals surface area contributed by atoms with Gasteiger partial charge in [0.1, 0.15) is 5.01 Å². The molecule has 0 aliphatic carbocycles. The van der Waals surface area contributed by atoms with Crippen LogP contribution < -0.4 is 10.6 Å². The molecular formula is C17H29IN6S. The van der Waals surface area contributed by atoms with Crippen LogP contribution in [0.5, 0.6) is 0 Å². The Kier molecular flexibility index (Phi) is 7.86. The number of nitrogens with zero attached hydrogens (tertiary/aromatic N) is 4. The number of aromatic nitrogens is 3. The predicted molar refractivity (Wildman–Crippen MR) is 116 cm³/mol. The maximum Gasteiger partial charge on any atom is 0.191 e. The number of rotatable bonds is 4. The summed E-state index contributed by atoms with van der Waals surface area (Å²) in [5, 5.41) is 14.3. The molecule has 0 radical (unpaired) electrons. The van der Waals surface area contributed by atoms with Gasteiger partial charge in [0.2, 0.25) is 0 Å². The molecule has 2 N–H and O–H groups in total. The molecule has 0 atom stereocenters. The molecule has 8 heteroatoms. The maximum atomic E-state index is 4.70. The summed E-state index contributed by atoms with van der Waals surface area (Å²) in [5.74, 6) is 0.769. The van der Waals surface area contributed by atoms with Crippen molar-refractivity contribution in [3.05, 3.63) is 33.0 Å². The Labute approximate surface area is 171 Å². The van der Waals surface area contributed by atoms with Gasteiger partial charge in [-0.15, -0.1) is 35.3 Å². The first-order valence-electron chi connectivity index (χ1n) is 8.11. The molecule has 140 valence electrons. The fourth-order valence-corrected chi connectivity index (χ4v) is 3.32. The van der Waals surface area contributed by atoms with Crippen LogP contribution >= 0.6 is 35.3 Å². The summed E-state index contributed by atoms with van der Waals surface area (Å²) in [6, 6.07) is 0. The highest BCUT2D eigenvalue weighted by Gasteiger charge is 2.17. The normalized spacial score (nSPS) is 12.0. The molecule has 0 aliphatic heterocycles. The number of nitrogens with one attached hydrogen (secondary N) is 2. The van der Waals surface area contributed by atoms with Gasteiger partial charge >= 0.3 is 0 Å². The highest BCUT2D eigenvalue weighted by molar-refractivity contribution is 14.0. The molecule has 0 unspecified atom stereocenters. The Balaban J connectivity index is 0.00000312. The van der Waals surface area contributed by atoms with Gasteiger partial charge in [-0.05, 0) is 13.8 Å². The largest absolute Gasteiger partial charge is 0.352 e. The van der Waals surface area contributed by atoms with Crippen molar-refractivity contribution < 1.29 is 0 Å². The molecular weight excluding hydrogens is 447 g/mol. The number of guanidine groups is 1. The summed E-state index contributed by atoms with van der Waals surface area (Å²) >= 11 is 1.68. The first-order chi connectivity index (χ1) is 11.2. The molecule has 0 saturated carbocycles. The smallest absolute Gasteiger partial charge is 0.191 e. The summed E-state index contributed by atoms with van der Waals surface area (Å²) in [4.78, 5) is 8.98. The van der Waals surface area contributed by atoms with E-state index in [9.17, 15) is 0 Å². The van der Waals surface area contributed by atoms with Crippen molar-refractivity contribution in [3.8, 4) is 0 Å². The zero-order chi connectivity index (χ0) is 17.9. The van der Waals surface area contributed by atoms with Crippen LogP contribution in [0, 0.1) is 13.8 Å². The Hall–Kier alpha value is -1.16. The van der Waals surface area contributed by atoms with Crippen LogP contribution in [0.1, 0.15) is 48.4 Å². The van der Waals surface area contributed by atoms with E-state index in [0.717, 1.165) is 22.4 Å². The molecule has 0 bridgehead atoms. The lowest BCUT2D eigenvalue weighted by molar-refractivity contribution is 0.570. The van der Waals surface area contributed by atoms with Crippen molar-refractivity contribution in [2.75, 3.05) is 7.05 Å². The summed E-state index contributed by atoms with van der Waals surface area (Å²) in [5.41, 5.74) is 4.65. The first-order valence-corrected chi connectivity index (χ1v) is 8.98. The lowest BCUT2D eigenvalue weighted by Gasteiger charge is -2.14. The Morgan fingerprint density at radius 3 is 2.36 bits per heavy atom. The number of hydrogen-bond acceptors (Lipinski definition) is 4. The van der Waals surface area contributed by atoms with Crippen molar-refractivity contribution in [2.45, 2.75) is 53.1 Å². The molecule has 0 saturated heterocycles. The van der Waals surface area contributed by atoms with Crippen LogP contribution in [0.25, 0.3) is 0 Å². The molecule has 0 aromatic carbocycles. The summed E-state index contributed by atoms with van der Waals surface area (Å²) in [7, 11) is 3.74. The van der Waals surface area contributed by atoms with Gasteiger partial charge in [0.05, 0.1) is 17.9 Å². The number of aliphatic imine (C=N–C) groups is 1. The minimum Gasteiger partial charge on any atom is -0.352 e. The number of hydrogen-bond donors (Lipinski definition) is 2. The van der Waals surface area contributed by atoms with Crippen molar-refractivity contribution in [1.29, 1.82) is 0 Å². The van der Waals surface area contributed by atoms with Crippen LogP contribution in [-0.4, -0.2) is 27.8 Å². The standard InChI is InChI=1S/C17H28N6S.HI/c1-11-13(12(2)23(7)22-11)8-19-16(18-6)20-9-15-21-14(10-24-15)17(3,4)5;/h10H,8-9H2,1-7H3,(H2,18,19,20);1H. The van der Waals surface area contributed by atoms with E-state index in [1.807, 2.05) is 18.7 Å². The van der Waals surface area contributed by atoms with Gasteiger partial charge in [0, 0.05) is 42.7 Å². The molecule has 0 amide bonds. The monoisotopic (exact) mass is 476 g/mol. The van der Waals surface area contributed by atoms with Crippen LogP contribution in [0.2, 0.25) is 0 Å². The van der Waals surface area contributed by atoms with E-state index in [-0.39, 0.29) is 29.4 Å². The van der Waals surface area contributed by atoms with E-state index in [1.54, 1.807) is 18.4 Å². The lowest BCUT2D eigenvalue weighted by atomic mass is 9.93. The molecule has 2 rings (SSSR count). The van der Waals surface area contributed by atoms with Crippen LogP contribution in [0.15, 0.2) is 10.4 Å². The van der Waals surface area contributed by atoms with Crippen molar-refractivity contribution >= 4 is 41.3 Å². The predicted octanol–water partition coefficient (Wildman–Crippen LogP) is 3.27. The van der Waals surface area contributed by atoms with Crippen LogP contribution in [-0.2, 0) is 25.6 Å². The quantitative estimate of drug-likeness (QED) is 0.404. The number of thiazole rings is 1. The van der Waals surface area contributed by atoms with E-state index in [0.29, 0.717) is 13.1 Å². The van der Waals surface area contributed by atoms with E-state index in [4.69, 9.17) is 4.98 Å². The minimum atomic E-state index is 0. The van der Waals surface area contributed by atoms with Crippen LogP contribution in [0.4, 0.5) is 0 Å². The highest BCUT2D eigenvalue weighted by Crippen LogP contribution is 2.23. The second-order valence-corrected chi connectivity index (χ2v) is 7.87. The lowest BCUT2D eigenvalue weighted by Crippen LogP contribution is -2.36. The zero-order valence-electron chi connectivity index (χ0n) is 16.1. The third-order valence-corrected chi connectivity index (χ3v) is 4.89. The third-order valence-electron chi connectivity index (χ3n) is 4.04. The van der Waals surface area contributed by atoms with E-state index < -0.39 is 0 Å². The highest BCUT2D eigenvalue weighted by atomic mass is 127. The first kappa shape index (κ1) is 21.9. The van der Waals surface area contributed by atoms with Crippen LogP contribution in [0.3, 0.4) is 0 Å². The molecule has 2 heterocycles. The van der Waals surface area contributed by atoms with Gasteiger partial charge in [-0.3, -0.25) is 9.67 Å². The molecule has 2 aromatic rings. The SMILES string of the molecule is CN=C(NCc1nc(C(C)(C)C)cs1)NCc1c(C)nn(C)c1C.I. The molecule has 6 nitrogen and oxygen atoms in total. The van der Waals surface area contributed by atoms with Crippen molar-refractivity contribution in [3.63, 3.8) is 0 Å². The second kappa shape index (κ2) is 8.98. The molecule has 0 spiro atoms. The van der Waals surface area contributed by atoms with E-state index in [2.05, 4.69) is 53.8 Å². The fraction of sp³-hybridized carbons (Fsp3) is 0.588. The van der Waals surface area contributed by atoms with Crippen molar-refractivity contribution in [1.82, 2.24) is 25.4 Å². The van der Waals surface area contributed by atoms with E-state index >= 15 is 0 Å². The summed E-state index contributed by atoms with van der Waals surface area (Å²) < 4.78 is 1.91. The Morgan fingerprint density at radius 2 is 1.88 bits per heavy atom.